The molecular formula is C27H35F3O2S. The summed E-state index contributed by atoms with van der Waals surface area (Å²) in [5.41, 5.74) is 2.42. The number of hydrogen-bond donors (Lipinski definition) is 1. The van der Waals surface area contributed by atoms with Gasteiger partial charge in [-0.25, -0.2) is 0 Å². The lowest BCUT2D eigenvalue weighted by atomic mass is 9.95. The SMILES string of the molecule is CCC(SCCC(=O)O)c1cc(C(F)(F)F)ccc1CCCCCCCCc1ccccc1. The molecule has 2 aromatic rings. The summed E-state index contributed by atoms with van der Waals surface area (Å²) in [5, 5.41) is 8.77. The Morgan fingerprint density at radius 1 is 0.939 bits per heavy atom. The number of aliphatic carboxylic acids is 1. The van der Waals surface area contributed by atoms with E-state index in [0.717, 1.165) is 37.7 Å². The zero-order chi connectivity index (χ0) is 24.1. The van der Waals surface area contributed by atoms with Crippen molar-refractivity contribution in [1.29, 1.82) is 0 Å². The minimum atomic E-state index is -4.38. The first-order valence-corrected chi connectivity index (χ1v) is 12.9. The fraction of sp³-hybridized carbons (Fsp3) is 0.519. The highest BCUT2D eigenvalue weighted by Gasteiger charge is 2.31. The Morgan fingerprint density at radius 2 is 1.58 bits per heavy atom. The Kier molecular flexibility index (Phi) is 11.9. The van der Waals surface area contributed by atoms with Crippen LogP contribution < -0.4 is 0 Å². The highest BCUT2D eigenvalue weighted by atomic mass is 32.2. The largest absolute Gasteiger partial charge is 0.481 e. The van der Waals surface area contributed by atoms with Crippen molar-refractivity contribution in [2.24, 2.45) is 0 Å². The smallest absolute Gasteiger partial charge is 0.416 e. The summed E-state index contributed by atoms with van der Waals surface area (Å²) in [6, 6.07) is 14.6. The summed E-state index contributed by atoms with van der Waals surface area (Å²) in [6.45, 7) is 1.94. The Balaban J connectivity index is 1.85. The van der Waals surface area contributed by atoms with E-state index in [0.29, 0.717) is 17.7 Å². The van der Waals surface area contributed by atoms with Crippen LogP contribution in [0.2, 0.25) is 0 Å². The molecule has 0 aliphatic heterocycles. The molecule has 2 nitrogen and oxygen atoms in total. The summed E-state index contributed by atoms with van der Waals surface area (Å²) in [4.78, 5) is 10.8. The number of benzene rings is 2. The van der Waals surface area contributed by atoms with Crippen molar-refractivity contribution in [2.45, 2.75) is 82.6 Å². The number of alkyl halides is 3. The lowest BCUT2D eigenvalue weighted by molar-refractivity contribution is -0.138. The second-order valence-electron chi connectivity index (χ2n) is 8.43. The molecule has 0 radical (unpaired) electrons. The highest BCUT2D eigenvalue weighted by molar-refractivity contribution is 7.99. The van der Waals surface area contributed by atoms with Gasteiger partial charge in [0.15, 0.2) is 0 Å². The van der Waals surface area contributed by atoms with Gasteiger partial charge in [-0.2, -0.15) is 24.9 Å². The number of rotatable bonds is 15. The van der Waals surface area contributed by atoms with Gasteiger partial charge in [0.25, 0.3) is 0 Å². The fourth-order valence-corrected chi connectivity index (χ4v) is 5.22. The van der Waals surface area contributed by atoms with Crippen LogP contribution >= 0.6 is 11.8 Å². The van der Waals surface area contributed by atoms with Crippen LogP contribution in [0.4, 0.5) is 13.2 Å². The number of carboxylic acids is 1. The minimum Gasteiger partial charge on any atom is -0.481 e. The van der Waals surface area contributed by atoms with Gasteiger partial charge < -0.3 is 5.11 Å². The Bertz CT molecular complexity index is 837. The Hall–Kier alpha value is -1.95. The molecule has 33 heavy (non-hydrogen) atoms. The van der Waals surface area contributed by atoms with Gasteiger partial charge in [0.1, 0.15) is 0 Å². The molecule has 1 N–H and O–H groups in total. The van der Waals surface area contributed by atoms with E-state index < -0.39 is 17.7 Å². The summed E-state index contributed by atoms with van der Waals surface area (Å²) in [7, 11) is 0. The molecule has 0 saturated heterocycles. The lowest BCUT2D eigenvalue weighted by Gasteiger charge is -2.21. The monoisotopic (exact) mass is 480 g/mol. The van der Waals surface area contributed by atoms with Crippen molar-refractivity contribution in [3.05, 3.63) is 70.8 Å². The average Bonchev–Trinajstić information content (AvgIpc) is 2.78. The molecular weight excluding hydrogens is 445 g/mol. The zero-order valence-electron chi connectivity index (χ0n) is 19.4. The van der Waals surface area contributed by atoms with E-state index in [-0.39, 0.29) is 11.7 Å². The molecule has 0 fully saturated rings. The van der Waals surface area contributed by atoms with Crippen LogP contribution in [0.5, 0.6) is 0 Å². The van der Waals surface area contributed by atoms with Gasteiger partial charge in [-0.15, -0.1) is 0 Å². The normalized spacial score (nSPS) is 12.6. The van der Waals surface area contributed by atoms with Crippen LogP contribution in [0.15, 0.2) is 48.5 Å². The molecule has 2 rings (SSSR count). The maximum absolute atomic E-state index is 13.3. The molecule has 2 aromatic carbocycles. The van der Waals surface area contributed by atoms with Crippen LogP contribution in [-0.2, 0) is 23.8 Å². The number of thioether (sulfide) groups is 1. The molecule has 182 valence electrons. The quantitative estimate of drug-likeness (QED) is 0.260. The number of unbranched alkanes of at least 4 members (excludes halogenated alkanes) is 5. The Labute approximate surface area is 200 Å². The maximum Gasteiger partial charge on any atom is 0.416 e. The fourth-order valence-electron chi connectivity index (χ4n) is 4.01. The summed E-state index contributed by atoms with van der Waals surface area (Å²) in [5.74, 6) is -0.489. The Morgan fingerprint density at radius 3 is 2.18 bits per heavy atom. The third kappa shape index (κ3) is 10.2. The number of hydrogen-bond acceptors (Lipinski definition) is 2. The van der Waals surface area contributed by atoms with Crippen LogP contribution in [-0.4, -0.2) is 16.8 Å². The molecule has 6 heteroatoms. The van der Waals surface area contributed by atoms with E-state index in [1.165, 1.54) is 48.7 Å². The van der Waals surface area contributed by atoms with E-state index in [2.05, 4.69) is 24.3 Å². The molecule has 0 aromatic heterocycles. The average molecular weight is 481 g/mol. The van der Waals surface area contributed by atoms with Gasteiger partial charge in [-0.05, 0) is 60.9 Å². The third-order valence-electron chi connectivity index (χ3n) is 5.83. The molecule has 1 unspecified atom stereocenters. The summed E-state index contributed by atoms with van der Waals surface area (Å²) >= 11 is 1.44. The molecule has 0 saturated carbocycles. The minimum absolute atomic E-state index is 0.0136. The van der Waals surface area contributed by atoms with Gasteiger partial charge in [0, 0.05) is 11.0 Å². The summed E-state index contributed by atoms with van der Waals surface area (Å²) < 4.78 is 39.9. The van der Waals surface area contributed by atoms with Crippen molar-refractivity contribution in [1.82, 2.24) is 0 Å². The first-order valence-electron chi connectivity index (χ1n) is 11.9. The predicted octanol–water partition coefficient (Wildman–Crippen LogP) is 8.49. The first-order chi connectivity index (χ1) is 15.8. The number of carboxylic acid groups (broad SMARTS) is 1. The highest BCUT2D eigenvalue weighted by Crippen LogP contribution is 2.39. The topological polar surface area (TPSA) is 37.3 Å². The van der Waals surface area contributed by atoms with Gasteiger partial charge in [-0.3, -0.25) is 4.79 Å². The maximum atomic E-state index is 13.3. The second kappa shape index (κ2) is 14.3. The van der Waals surface area contributed by atoms with Crippen molar-refractivity contribution in [2.75, 3.05) is 5.75 Å². The molecule has 0 heterocycles. The molecule has 0 amide bonds. The standard InChI is InChI=1S/C27H35F3O2S/c1-2-25(33-19-18-26(31)32)24-20-23(27(28,29)30)17-16-22(24)15-11-6-4-3-5-8-12-21-13-9-7-10-14-21/h7,9-10,13-14,16-17,20,25H,2-6,8,11-12,15,18-19H2,1H3,(H,31,32). The van der Waals surface area contributed by atoms with Gasteiger partial charge in [0.05, 0.1) is 12.0 Å². The number of aryl methyl sites for hydroxylation is 2. The first kappa shape index (κ1) is 27.3. The van der Waals surface area contributed by atoms with E-state index >= 15 is 0 Å². The van der Waals surface area contributed by atoms with Crippen molar-refractivity contribution in [3.63, 3.8) is 0 Å². The molecule has 0 bridgehead atoms. The van der Waals surface area contributed by atoms with E-state index in [1.807, 2.05) is 13.0 Å². The van der Waals surface area contributed by atoms with Gasteiger partial charge in [-0.1, -0.05) is 69.0 Å². The van der Waals surface area contributed by atoms with E-state index in [4.69, 9.17) is 5.11 Å². The number of halogens is 3. The van der Waals surface area contributed by atoms with Crippen molar-refractivity contribution in [3.8, 4) is 0 Å². The molecule has 0 spiro atoms. The van der Waals surface area contributed by atoms with E-state index in [1.54, 1.807) is 6.07 Å². The van der Waals surface area contributed by atoms with Gasteiger partial charge >= 0.3 is 12.1 Å². The molecule has 1 atom stereocenters. The van der Waals surface area contributed by atoms with Crippen LogP contribution in [0.1, 0.15) is 85.8 Å². The van der Waals surface area contributed by atoms with Crippen molar-refractivity contribution < 1.29 is 23.1 Å². The lowest BCUT2D eigenvalue weighted by Crippen LogP contribution is -2.09. The zero-order valence-corrected chi connectivity index (χ0v) is 20.2. The second-order valence-corrected chi connectivity index (χ2v) is 9.74. The molecule has 0 aliphatic carbocycles. The van der Waals surface area contributed by atoms with Crippen LogP contribution in [0.25, 0.3) is 0 Å². The van der Waals surface area contributed by atoms with E-state index in [9.17, 15) is 18.0 Å². The summed E-state index contributed by atoms with van der Waals surface area (Å²) in [6.07, 6.45) is 4.86. The third-order valence-corrected chi connectivity index (χ3v) is 7.26. The van der Waals surface area contributed by atoms with Crippen LogP contribution in [0, 0.1) is 0 Å². The molecule has 0 aliphatic rings. The predicted molar refractivity (Wildman–Crippen MR) is 131 cm³/mol. The number of carbonyl (C=O) groups is 1. The van der Waals surface area contributed by atoms with Crippen molar-refractivity contribution >= 4 is 17.7 Å². The van der Waals surface area contributed by atoms with Crippen LogP contribution in [0.3, 0.4) is 0 Å². The van der Waals surface area contributed by atoms with Gasteiger partial charge in [0.2, 0.25) is 0 Å².